The van der Waals surface area contributed by atoms with Crippen molar-refractivity contribution in [1.29, 1.82) is 0 Å². The number of aliphatic imine (C=N–C) groups is 1. The van der Waals surface area contributed by atoms with Crippen molar-refractivity contribution in [2.24, 2.45) is 4.99 Å². The molecule has 0 aromatic heterocycles. The number of nitrogens with zero attached hydrogens (tertiary/aromatic N) is 2. The highest BCUT2D eigenvalue weighted by Crippen LogP contribution is 2.39. The smallest absolute Gasteiger partial charge is 0.225 e. The summed E-state index contributed by atoms with van der Waals surface area (Å²) in [4.78, 5) is 6.69. The molecule has 88 valence electrons. The van der Waals surface area contributed by atoms with E-state index in [1.54, 1.807) is 0 Å². The van der Waals surface area contributed by atoms with Crippen molar-refractivity contribution < 1.29 is 0 Å². The molecule has 17 heavy (non-hydrogen) atoms. The van der Waals surface area contributed by atoms with E-state index < -0.39 is 0 Å². The minimum atomic E-state index is 0.107. The van der Waals surface area contributed by atoms with Gasteiger partial charge in [-0.1, -0.05) is 39.5 Å². The Morgan fingerprint density at radius 3 is 2.53 bits per heavy atom. The normalized spacial score (nSPS) is 15.6. The molecule has 3 heteroatoms. The van der Waals surface area contributed by atoms with Gasteiger partial charge in [0.2, 0.25) is 7.98 Å². The maximum absolute atomic E-state index is 4.63. The summed E-state index contributed by atoms with van der Waals surface area (Å²) in [5, 5.41) is 0. The van der Waals surface area contributed by atoms with E-state index in [-0.39, 0.29) is 5.41 Å². The minimum Gasteiger partial charge on any atom is -0.383 e. The molecule has 0 amide bonds. The van der Waals surface area contributed by atoms with E-state index in [2.05, 4.69) is 55.4 Å². The number of hydrogen-bond donors (Lipinski definition) is 0. The third-order valence-electron chi connectivity index (χ3n) is 3.31. The molecule has 1 heterocycles. The first kappa shape index (κ1) is 12.0. The predicted molar refractivity (Wildman–Crippen MR) is 77.3 cm³/mol. The van der Waals surface area contributed by atoms with Crippen molar-refractivity contribution in [2.45, 2.75) is 33.1 Å². The number of rotatable bonds is 0. The van der Waals surface area contributed by atoms with E-state index in [0.717, 1.165) is 17.2 Å². The van der Waals surface area contributed by atoms with E-state index in [9.17, 15) is 0 Å². The molecule has 0 saturated heterocycles. The molecule has 0 saturated carbocycles. The van der Waals surface area contributed by atoms with Crippen LogP contribution in [0.2, 0.25) is 0 Å². The summed E-state index contributed by atoms with van der Waals surface area (Å²) in [5.74, 6) is 0.994. The molecule has 1 aromatic carbocycles. The standard InChI is InChI=1S/C14H19BN2/c1-9-13-11(14(3,4)5)7-6-8-12(13)16-10(2)17(9)15/h6-8H,1,15H2,2-5H3. The third kappa shape index (κ3) is 1.90. The van der Waals surface area contributed by atoms with Crippen molar-refractivity contribution in [1.82, 2.24) is 4.81 Å². The zero-order valence-corrected chi connectivity index (χ0v) is 11.3. The fourth-order valence-electron chi connectivity index (χ4n) is 2.17. The monoisotopic (exact) mass is 226 g/mol. The van der Waals surface area contributed by atoms with E-state index in [1.807, 2.05) is 14.9 Å². The van der Waals surface area contributed by atoms with Gasteiger partial charge in [0, 0.05) is 11.3 Å². The van der Waals surface area contributed by atoms with E-state index >= 15 is 0 Å². The Labute approximate surface area is 104 Å². The third-order valence-corrected chi connectivity index (χ3v) is 3.31. The second-order valence-corrected chi connectivity index (χ2v) is 5.61. The Kier molecular flexibility index (Phi) is 2.65. The summed E-state index contributed by atoms with van der Waals surface area (Å²) >= 11 is 0. The maximum atomic E-state index is 4.63. The summed E-state index contributed by atoms with van der Waals surface area (Å²) in [6.07, 6.45) is 0. The van der Waals surface area contributed by atoms with Crippen LogP contribution in [0.3, 0.4) is 0 Å². The van der Waals surface area contributed by atoms with Crippen LogP contribution >= 0.6 is 0 Å². The zero-order chi connectivity index (χ0) is 12.8. The van der Waals surface area contributed by atoms with Gasteiger partial charge in [0.25, 0.3) is 0 Å². The van der Waals surface area contributed by atoms with Crippen molar-refractivity contribution >= 4 is 25.2 Å². The van der Waals surface area contributed by atoms with Gasteiger partial charge in [-0.25, -0.2) is 4.99 Å². The van der Waals surface area contributed by atoms with Crippen LogP contribution in [-0.2, 0) is 5.41 Å². The predicted octanol–water partition coefficient (Wildman–Crippen LogP) is 2.87. The number of benzene rings is 1. The second kappa shape index (κ2) is 3.76. The zero-order valence-electron chi connectivity index (χ0n) is 11.3. The Bertz CT molecular complexity index is 509. The van der Waals surface area contributed by atoms with Gasteiger partial charge < -0.3 is 4.81 Å². The van der Waals surface area contributed by atoms with Crippen molar-refractivity contribution in [3.05, 3.63) is 35.9 Å². The molecule has 0 unspecified atom stereocenters. The van der Waals surface area contributed by atoms with Crippen molar-refractivity contribution in [3.63, 3.8) is 0 Å². The van der Waals surface area contributed by atoms with Crippen LogP contribution in [0.4, 0.5) is 5.69 Å². The van der Waals surface area contributed by atoms with Gasteiger partial charge in [-0.2, -0.15) is 0 Å². The topological polar surface area (TPSA) is 15.6 Å². The lowest BCUT2D eigenvalue weighted by Crippen LogP contribution is -2.28. The van der Waals surface area contributed by atoms with Gasteiger partial charge in [-0.3, -0.25) is 0 Å². The molecule has 0 N–H and O–H groups in total. The molecule has 0 radical (unpaired) electrons. The molecule has 0 aliphatic carbocycles. The van der Waals surface area contributed by atoms with Gasteiger partial charge in [-0.15, -0.1) is 0 Å². The first-order valence-electron chi connectivity index (χ1n) is 5.94. The van der Waals surface area contributed by atoms with Crippen LogP contribution < -0.4 is 0 Å². The Hall–Kier alpha value is -1.51. The van der Waals surface area contributed by atoms with Crippen LogP contribution in [-0.4, -0.2) is 18.6 Å². The quantitative estimate of drug-likeness (QED) is 0.621. The van der Waals surface area contributed by atoms with E-state index in [0.29, 0.717) is 0 Å². The van der Waals surface area contributed by atoms with Crippen molar-refractivity contribution in [2.75, 3.05) is 0 Å². The molecule has 2 rings (SSSR count). The van der Waals surface area contributed by atoms with Crippen LogP contribution in [0.1, 0.15) is 38.8 Å². The maximum Gasteiger partial charge on any atom is 0.225 e. The van der Waals surface area contributed by atoms with Gasteiger partial charge in [0.15, 0.2) is 0 Å². The van der Waals surface area contributed by atoms with Gasteiger partial charge >= 0.3 is 0 Å². The molecule has 1 aliphatic heterocycles. The van der Waals surface area contributed by atoms with Crippen LogP contribution in [0, 0.1) is 0 Å². The highest BCUT2D eigenvalue weighted by Gasteiger charge is 2.25. The van der Waals surface area contributed by atoms with Crippen LogP contribution in [0.5, 0.6) is 0 Å². The largest absolute Gasteiger partial charge is 0.383 e. The molecular formula is C14H19BN2. The fourth-order valence-corrected chi connectivity index (χ4v) is 2.17. The summed E-state index contributed by atoms with van der Waals surface area (Å²) < 4.78 is 0. The molecule has 0 spiro atoms. The SMILES string of the molecule is BN1C(=C)c2c(cccc2C(C)(C)C)N=C1C. The van der Waals surface area contributed by atoms with Crippen molar-refractivity contribution in [3.8, 4) is 0 Å². The van der Waals surface area contributed by atoms with E-state index in [4.69, 9.17) is 0 Å². The van der Waals surface area contributed by atoms with E-state index in [1.165, 1.54) is 11.1 Å². The van der Waals surface area contributed by atoms with Crippen LogP contribution in [0.25, 0.3) is 5.70 Å². The highest BCUT2D eigenvalue weighted by molar-refractivity contribution is 6.22. The first-order chi connectivity index (χ1) is 7.82. The molecule has 0 fully saturated rings. The summed E-state index contributed by atoms with van der Waals surface area (Å²) in [5.41, 5.74) is 4.68. The summed E-state index contributed by atoms with van der Waals surface area (Å²) in [7, 11) is 2.02. The number of amidine groups is 1. The van der Waals surface area contributed by atoms with Gasteiger partial charge in [-0.05, 0) is 24.0 Å². The lowest BCUT2D eigenvalue weighted by atomic mass is 9.81. The summed E-state index contributed by atoms with van der Waals surface area (Å²) in [6, 6.07) is 6.31. The number of hydrogen-bond acceptors (Lipinski definition) is 2. The minimum absolute atomic E-state index is 0.107. The lowest BCUT2D eigenvalue weighted by Gasteiger charge is -2.32. The highest BCUT2D eigenvalue weighted by atomic mass is 15.1. The molecule has 2 nitrogen and oxygen atoms in total. The molecule has 1 aromatic rings. The average molecular weight is 226 g/mol. The Morgan fingerprint density at radius 2 is 1.94 bits per heavy atom. The summed E-state index contributed by atoms with van der Waals surface area (Å²) in [6.45, 7) is 12.9. The Balaban J connectivity index is 2.72. The molecule has 0 bridgehead atoms. The van der Waals surface area contributed by atoms with Gasteiger partial charge in [0.05, 0.1) is 11.5 Å². The number of fused-ring (bicyclic) bond motifs is 1. The Morgan fingerprint density at radius 1 is 1.29 bits per heavy atom. The van der Waals surface area contributed by atoms with Gasteiger partial charge in [0.1, 0.15) is 0 Å². The van der Waals surface area contributed by atoms with Crippen LogP contribution in [0.15, 0.2) is 29.8 Å². The molecule has 0 atom stereocenters. The first-order valence-corrected chi connectivity index (χ1v) is 5.94. The second-order valence-electron chi connectivity index (χ2n) is 5.61. The lowest BCUT2D eigenvalue weighted by molar-refractivity contribution is 0.587. The average Bonchev–Trinajstić information content (AvgIpc) is 2.24. The molecular weight excluding hydrogens is 207 g/mol. The fraction of sp³-hybridized carbons (Fsp3) is 0.357. The molecule has 1 aliphatic rings.